The van der Waals surface area contributed by atoms with Crippen molar-refractivity contribution >= 4 is 27.7 Å². The number of rotatable bonds is 6. The smallest absolute Gasteiger partial charge is 0.248 e. The second kappa shape index (κ2) is 9.42. The van der Waals surface area contributed by atoms with Crippen molar-refractivity contribution in [2.24, 2.45) is 0 Å². The molecule has 0 unspecified atom stereocenters. The van der Waals surface area contributed by atoms with E-state index in [0.717, 1.165) is 16.8 Å². The van der Waals surface area contributed by atoms with Gasteiger partial charge in [0.2, 0.25) is 15.9 Å². The highest BCUT2D eigenvalue weighted by Crippen LogP contribution is 2.29. The average Bonchev–Trinajstić information content (AvgIpc) is 2.76. The molecule has 2 aromatic carbocycles. The summed E-state index contributed by atoms with van der Waals surface area (Å²) in [4.78, 5) is 12.4. The largest absolute Gasteiger partial charge is 0.495 e. The van der Waals surface area contributed by atoms with E-state index in [4.69, 9.17) is 9.47 Å². The fourth-order valence-corrected chi connectivity index (χ4v) is 4.76. The zero-order valence-electron chi connectivity index (χ0n) is 17.3. The molecule has 1 heterocycles. The lowest BCUT2D eigenvalue weighted by Crippen LogP contribution is -2.40. The number of nitrogens with zero attached hydrogens (tertiary/aromatic N) is 1. The van der Waals surface area contributed by atoms with Gasteiger partial charge in [0.1, 0.15) is 10.6 Å². The first kappa shape index (κ1) is 22.0. The van der Waals surface area contributed by atoms with Crippen LogP contribution in [0.5, 0.6) is 5.75 Å². The second-order valence-electron chi connectivity index (χ2n) is 7.00. The van der Waals surface area contributed by atoms with Gasteiger partial charge in [-0.2, -0.15) is 4.31 Å². The van der Waals surface area contributed by atoms with Crippen LogP contribution in [0.2, 0.25) is 0 Å². The molecule has 0 saturated carbocycles. The minimum atomic E-state index is -3.73. The number of aryl methyl sites for hydroxylation is 1. The zero-order chi connectivity index (χ0) is 21.7. The number of hydrogen-bond donors (Lipinski definition) is 1. The predicted octanol–water partition coefficient (Wildman–Crippen LogP) is 2.98. The normalized spacial score (nSPS) is 15.3. The summed E-state index contributed by atoms with van der Waals surface area (Å²) in [6, 6.07) is 10.5. The monoisotopic (exact) mass is 430 g/mol. The quantitative estimate of drug-likeness (QED) is 0.712. The standard InChI is InChI=1S/C22H26N2O5S/c1-16-5-4-6-19(17(16)2)23-22(25)10-8-18-7-9-20(28-3)21(15-18)30(26,27)24-11-13-29-14-12-24/h4-10,15H,11-14H2,1-3H3,(H,23,25)/b10-8+. The molecule has 0 aromatic heterocycles. The van der Waals surface area contributed by atoms with Crippen molar-refractivity contribution in [2.45, 2.75) is 18.7 Å². The summed E-state index contributed by atoms with van der Waals surface area (Å²) >= 11 is 0. The number of benzene rings is 2. The third-order valence-corrected chi connectivity index (χ3v) is 6.99. The van der Waals surface area contributed by atoms with Gasteiger partial charge in [0, 0.05) is 24.9 Å². The number of ether oxygens (including phenoxy) is 2. The van der Waals surface area contributed by atoms with Crippen molar-refractivity contribution in [3.8, 4) is 5.75 Å². The maximum Gasteiger partial charge on any atom is 0.248 e. The lowest BCUT2D eigenvalue weighted by molar-refractivity contribution is -0.111. The Bertz CT molecular complexity index is 1060. The Morgan fingerprint density at radius 3 is 2.60 bits per heavy atom. The summed E-state index contributed by atoms with van der Waals surface area (Å²) in [6.07, 6.45) is 2.97. The minimum Gasteiger partial charge on any atom is -0.495 e. The molecule has 3 rings (SSSR count). The van der Waals surface area contributed by atoms with Gasteiger partial charge in [-0.1, -0.05) is 18.2 Å². The SMILES string of the molecule is COc1ccc(/C=C/C(=O)Nc2cccc(C)c2C)cc1S(=O)(=O)N1CCOCC1. The Morgan fingerprint density at radius 2 is 1.90 bits per heavy atom. The summed E-state index contributed by atoms with van der Waals surface area (Å²) in [7, 11) is -2.30. The van der Waals surface area contributed by atoms with E-state index in [-0.39, 0.29) is 16.6 Å². The lowest BCUT2D eigenvalue weighted by Gasteiger charge is -2.26. The van der Waals surface area contributed by atoms with E-state index in [1.54, 1.807) is 18.2 Å². The summed E-state index contributed by atoms with van der Waals surface area (Å²) in [5.74, 6) is -0.0319. The molecule has 0 radical (unpaired) electrons. The number of hydrogen-bond acceptors (Lipinski definition) is 5. The summed E-state index contributed by atoms with van der Waals surface area (Å²) in [5.41, 5.74) is 3.42. The van der Waals surface area contributed by atoms with E-state index in [1.807, 2.05) is 32.0 Å². The van der Waals surface area contributed by atoms with Crippen molar-refractivity contribution in [1.82, 2.24) is 4.31 Å². The second-order valence-corrected chi connectivity index (χ2v) is 8.90. The fraction of sp³-hybridized carbons (Fsp3) is 0.318. The molecular weight excluding hydrogens is 404 g/mol. The third kappa shape index (κ3) is 4.89. The summed E-state index contributed by atoms with van der Waals surface area (Å²) < 4.78 is 38.0. The highest BCUT2D eigenvalue weighted by molar-refractivity contribution is 7.89. The summed E-state index contributed by atoms with van der Waals surface area (Å²) in [5, 5.41) is 2.85. The van der Waals surface area contributed by atoms with Crippen LogP contribution in [0.4, 0.5) is 5.69 Å². The summed E-state index contributed by atoms with van der Waals surface area (Å²) in [6.45, 7) is 5.24. The first-order chi connectivity index (χ1) is 14.3. The van der Waals surface area contributed by atoms with Gasteiger partial charge in [-0.05, 0) is 54.8 Å². The highest BCUT2D eigenvalue weighted by atomic mass is 32.2. The number of nitrogens with one attached hydrogen (secondary N) is 1. The molecular formula is C22H26N2O5S. The van der Waals surface area contributed by atoms with Gasteiger partial charge in [-0.3, -0.25) is 4.79 Å². The maximum atomic E-state index is 13.1. The molecule has 30 heavy (non-hydrogen) atoms. The first-order valence-electron chi connectivity index (χ1n) is 9.64. The lowest BCUT2D eigenvalue weighted by atomic mass is 10.1. The third-order valence-electron chi connectivity index (χ3n) is 5.07. The van der Waals surface area contributed by atoms with Crippen LogP contribution < -0.4 is 10.1 Å². The van der Waals surface area contributed by atoms with Gasteiger partial charge < -0.3 is 14.8 Å². The van der Waals surface area contributed by atoms with Gasteiger partial charge in [0.25, 0.3) is 0 Å². The van der Waals surface area contributed by atoms with Gasteiger partial charge in [-0.15, -0.1) is 0 Å². The average molecular weight is 431 g/mol. The van der Waals surface area contributed by atoms with Gasteiger partial charge >= 0.3 is 0 Å². The van der Waals surface area contributed by atoms with E-state index in [9.17, 15) is 13.2 Å². The zero-order valence-corrected chi connectivity index (χ0v) is 18.2. The number of anilines is 1. The van der Waals surface area contributed by atoms with Gasteiger partial charge in [-0.25, -0.2) is 8.42 Å². The van der Waals surface area contributed by atoms with Crippen LogP contribution in [0.15, 0.2) is 47.4 Å². The van der Waals surface area contributed by atoms with Crippen LogP contribution in [0.1, 0.15) is 16.7 Å². The number of amides is 1. The Kier molecular flexibility index (Phi) is 6.91. The van der Waals surface area contributed by atoms with Crippen molar-refractivity contribution in [2.75, 3.05) is 38.7 Å². The Balaban J connectivity index is 1.82. The van der Waals surface area contributed by atoms with Crippen molar-refractivity contribution < 1.29 is 22.7 Å². The van der Waals surface area contributed by atoms with E-state index in [2.05, 4.69) is 5.32 Å². The molecule has 1 aliphatic heterocycles. The molecule has 0 aliphatic carbocycles. The number of carbonyl (C=O) groups is 1. The molecule has 160 valence electrons. The van der Waals surface area contributed by atoms with Crippen molar-refractivity contribution in [3.05, 3.63) is 59.2 Å². The Morgan fingerprint density at radius 1 is 1.17 bits per heavy atom. The fourth-order valence-electron chi connectivity index (χ4n) is 3.16. The van der Waals surface area contributed by atoms with E-state index >= 15 is 0 Å². The van der Waals surface area contributed by atoms with Crippen LogP contribution >= 0.6 is 0 Å². The van der Waals surface area contributed by atoms with Crippen LogP contribution in [-0.2, 0) is 19.6 Å². The Labute approximate surface area is 177 Å². The van der Waals surface area contributed by atoms with Gasteiger partial charge in [0.05, 0.1) is 20.3 Å². The number of methoxy groups -OCH3 is 1. The Hall–Kier alpha value is -2.68. The first-order valence-corrected chi connectivity index (χ1v) is 11.1. The number of carbonyl (C=O) groups excluding carboxylic acids is 1. The van der Waals surface area contributed by atoms with Crippen molar-refractivity contribution in [1.29, 1.82) is 0 Å². The molecule has 7 nitrogen and oxygen atoms in total. The van der Waals surface area contributed by atoms with E-state index in [1.165, 1.54) is 23.6 Å². The number of morpholine rings is 1. The predicted molar refractivity (Wildman–Crippen MR) is 116 cm³/mol. The molecule has 0 spiro atoms. The topological polar surface area (TPSA) is 84.9 Å². The van der Waals surface area contributed by atoms with E-state index < -0.39 is 10.0 Å². The molecule has 2 aromatic rings. The molecule has 1 amide bonds. The molecule has 1 fully saturated rings. The molecule has 1 N–H and O–H groups in total. The maximum absolute atomic E-state index is 13.1. The van der Waals surface area contributed by atoms with E-state index in [0.29, 0.717) is 31.9 Å². The van der Waals surface area contributed by atoms with Crippen LogP contribution in [0, 0.1) is 13.8 Å². The van der Waals surface area contributed by atoms with Crippen molar-refractivity contribution in [3.63, 3.8) is 0 Å². The number of sulfonamides is 1. The molecule has 1 saturated heterocycles. The minimum absolute atomic E-state index is 0.0731. The van der Waals surface area contributed by atoms with Crippen LogP contribution in [-0.4, -0.2) is 52.0 Å². The molecule has 8 heteroatoms. The highest BCUT2D eigenvalue weighted by Gasteiger charge is 2.29. The molecule has 1 aliphatic rings. The van der Waals surface area contributed by atoms with Crippen LogP contribution in [0.3, 0.4) is 0 Å². The van der Waals surface area contributed by atoms with Gasteiger partial charge in [0.15, 0.2) is 0 Å². The molecule has 0 bridgehead atoms. The molecule has 0 atom stereocenters. The van der Waals surface area contributed by atoms with Crippen LogP contribution in [0.25, 0.3) is 6.08 Å².